The minimum absolute atomic E-state index is 0.0139. The number of nitrogens with one attached hydrogen (secondary N) is 1. The topological polar surface area (TPSA) is 29.1 Å². The number of hydrogen-bond acceptors (Lipinski definition) is 2. The zero-order valence-corrected chi connectivity index (χ0v) is 17.0. The Balaban J connectivity index is 1.42. The molecule has 1 N–H and O–H groups in total. The lowest BCUT2D eigenvalue weighted by Crippen LogP contribution is -2.17. The Kier molecular flexibility index (Phi) is 5.73. The number of fused-ring (bicyclic) bond motifs is 1. The van der Waals surface area contributed by atoms with Crippen molar-refractivity contribution in [3.8, 4) is 0 Å². The zero-order valence-electron chi connectivity index (χ0n) is 16.2. The van der Waals surface area contributed by atoms with E-state index in [1.165, 1.54) is 28.8 Å². The summed E-state index contributed by atoms with van der Waals surface area (Å²) in [6.07, 6.45) is 8.76. The molecule has 2 nitrogen and oxygen atoms in total. The Morgan fingerprint density at radius 1 is 1.07 bits per heavy atom. The molecule has 0 spiro atoms. The number of amides is 1. The van der Waals surface area contributed by atoms with E-state index in [4.69, 9.17) is 0 Å². The number of anilines is 1. The third kappa shape index (κ3) is 4.26. The normalized spacial score (nSPS) is 16.1. The molecule has 4 rings (SSSR count). The van der Waals surface area contributed by atoms with Crippen LogP contribution < -0.4 is 5.32 Å². The van der Waals surface area contributed by atoms with E-state index >= 15 is 0 Å². The zero-order chi connectivity index (χ0) is 19.3. The summed E-state index contributed by atoms with van der Waals surface area (Å²) < 4.78 is 0. The molecule has 0 saturated heterocycles. The van der Waals surface area contributed by atoms with E-state index in [2.05, 4.69) is 36.5 Å². The van der Waals surface area contributed by atoms with Crippen LogP contribution >= 0.6 is 11.3 Å². The van der Waals surface area contributed by atoms with Crippen LogP contribution in [0.25, 0.3) is 12.2 Å². The molecule has 3 heteroatoms. The van der Waals surface area contributed by atoms with Gasteiger partial charge in [0.1, 0.15) is 0 Å². The molecule has 0 bridgehead atoms. The van der Waals surface area contributed by atoms with Crippen LogP contribution in [0.1, 0.15) is 51.7 Å². The van der Waals surface area contributed by atoms with Crippen molar-refractivity contribution < 1.29 is 4.79 Å². The fourth-order valence-electron chi connectivity index (χ4n) is 3.75. The standard InChI is InChI=1S/C25H25NOS/c1-2-18-12-15-22-23(17-28-24(22)16-18)25(27)26-21-13-10-20(11-14-21)9-8-19-6-4-3-5-7-19/h3-11,13-14,17-18H,2,12,15-16H2,1H3,(H,26,27)/b9-8+. The van der Waals surface area contributed by atoms with Gasteiger partial charge in [-0.15, -0.1) is 11.3 Å². The maximum absolute atomic E-state index is 12.8. The second-order valence-electron chi connectivity index (χ2n) is 7.39. The van der Waals surface area contributed by atoms with Gasteiger partial charge in [-0.2, -0.15) is 0 Å². The fourth-order valence-corrected chi connectivity index (χ4v) is 4.95. The summed E-state index contributed by atoms with van der Waals surface area (Å²) in [5.41, 5.74) is 5.26. The molecule has 0 radical (unpaired) electrons. The van der Waals surface area contributed by atoms with E-state index in [1.807, 2.05) is 47.8 Å². The first kappa shape index (κ1) is 18.7. The Hall–Kier alpha value is -2.65. The maximum Gasteiger partial charge on any atom is 0.256 e. The van der Waals surface area contributed by atoms with E-state index in [0.29, 0.717) is 0 Å². The van der Waals surface area contributed by atoms with Gasteiger partial charge in [0, 0.05) is 15.9 Å². The molecule has 0 aliphatic heterocycles. The molecule has 0 fully saturated rings. The predicted molar refractivity (Wildman–Crippen MR) is 120 cm³/mol. The van der Waals surface area contributed by atoms with Gasteiger partial charge >= 0.3 is 0 Å². The molecular formula is C25H25NOS. The SMILES string of the molecule is CCC1CCc2c(C(=O)Nc3ccc(/C=C/c4ccccc4)cc3)csc2C1. The van der Waals surface area contributed by atoms with Gasteiger partial charge in [0.25, 0.3) is 5.91 Å². The number of carbonyl (C=O) groups is 1. The van der Waals surface area contributed by atoms with E-state index < -0.39 is 0 Å². The van der Waals surface area contributed by atoms with Crippen molar-refractivity contribution in [3.05, 3.63) is 87.1 Å². The van der Waals surface area contributed by atoms with Gasteiger partial charge < -0.3 is 5.32 Å². The van der Waals surface area contributed by atoms with Crippen LogP contribution in [0.5, 0.6) is 0 Å². The number of thiophene rings is 1. The van der Waals surface area contributed by atoms with Crippen LogP contribution in [0, 0.1) is 5.92 Å². The van der Waals surface area contributed by atoms with Crippen molar-refractivity contribution in [3.63, 3.8) is 0 Å². The minimum Gasteiger partial charge on any atom is -0.322 e. The Labute approximate surface area is 170 Å². The number of hydrogen-bond donors (Lipinski definition) is 1. The molecule has 142 valence electrons. The molecular weight excluding hydrogens is 362 g/mol. The van der Waals surface area contributed by atoms with Gasteiger partial charge in [-0.25, -0.2) is 0 Å². The second-order valence-corrected chi connectivity index (χ2v) is 8.35. The largest absolute Gasteiger partial charge is 0.322 e. The highest BCUT2D eigenvalue weighted by Gasteiger charge is 2.24. The van der Waals surface area contributed by atoms with Crippen molar-refractivity contribution in [1.82, 2.24) is 0 Å². The lowest BCUT2D eigenvalue weighted by Gasteiger charge is -2.21. The van der Waals surface area contributed by atoms with E-state index in [1.54, 1.807) is 11.3 Å². The van der Waals surface area contributed by atoms with Crippen LogP contribution in [-0.2, 0) is 12.8 Å². The molecule has 2 aromatic carbocycles. The van der Waals surface area contributed by atoms with Crippen LogP contribution in [0.15, 0.2) is 60.0 Å². The summed E-state index contributed by atoms with van der Waals surface area (Å²) in [5.74, 6) is 0.790. The first-order valence-electron chi connectivity index (χ1n) is 9.96. The third-order valence-electron chi connectivity index (χ3n) is 5.52. The van der Waals surface area contributed by atoms with E-state index in [9.17, 15) is 4.79 Å². The second kappa shape index (κ2) is 8.57. The Morgan fingerprint density at radius 2 is 1.79 bits per heavy atom. The average molecular weight is 388 g/mol. The molecule has 1 aromatic heterocycles. The lowest BCUT2D eigenvalue weighted by atomic mass is 9.86. The van der Waals surface area contributed by atoms with Crippen molar-refractivity contribution >= 4 is 35.1 Å². The van der Waals surface area contributed by atoms with Gasteiger partial charge in [-0.3, -0.25) is 4.79 Å². The summed E-state index contributed by atoms with van der Waals surface area (Å²) in [6, 6.07) is 18.2. The van der Waals surface area contributed by atoms with E-state index in [-0.39, 0.29) is 5.91 Å². The average Bonchev–Trinajstić information content (AvgIpc) is 3.17. The van der Waals surface area contributed by atoms with Gasteiger partial charge in [0.2, 0.25) is 0 Å². The van der Waals surface area contributed by atoms with Crippen LogP contribution in [0.3, 0.4) is 0 Å². The summed E-state index contributed by atoms with van der Waals surface area (Å²) in [4.78, 5) is 14.2. The molecule has 3 aromatic rings. The third-order valence-corrected chi connectivity index (χ3v) is 6.57. The highest BCUT2D eigenvalue weighted by atomic mass is 32.1. The number of carbonyl (C=O) groups excluding carboxylic acids is 1. The molecule has 0 saturated carbocycles. The van der Waals surface area contributed by atoms with Crippen LogP contribution in [0.2, 0.25) is 0 Å². The van der Waals surface area contributed by atoms with Crippen molar-refractivity contribution in [2.24, 2.45) is 5.92 Å². The highest BCUT2D eigenvalue weighted by molar-refractivity contribution is 7.10. The van der Waals surface area contributed by atoms with Gasteiger partial charge in [0.05, 0.1) is 5.56 Å². The van der Waals surface area contributed by atoms with Gasteiger partial charge in [-0.05, 0) is 54.0 Å². The Morgan fingerprint density at radius 3 is 2.50 bits per heavy atom. The number of benzene rings is 2. The maximum atomic E-state index is 12.8. The first-order valence-corrected chi connectivity index (χ1v) is 10.8. The molecule has 1 heterocycles. The highest BCUT2D eigenvalue weighted by Crippen LogP contribution is 2.34. The minimum atomic E-state index is 0.0139. The smallest absolute Gasteiger partial charge is 0.256 e. The quantitative estimate of drug-likeness (QED) is 0.486. The van der Waals surface area contributed by atoms with Gasteiger partial charge in [-0.1, -0.05) is 68.0 Å². The predicted octanol–water partition coefficient (Wildman–Crippen LogP) is 6.69. The molecule has 1 unspecified atom stereocenters. The molecule has 1 atom stereocenters. The van der Waals surface area contributed by atoms with Crippen LogP contribution in [-0.4, -0.2) is 5.91 Å². The van der Waals surface area contributed by atoms with Crippen LogP contribution in [0.4, 0.5) is 5.69 Å². The Bertz CT molecular complexity index is 970. The summed E-state index contributed by atoms with van der Waals surface area (Å²) >= 11 is 1.75. The number of rotatable bonds is 5. The van der Waals surface area contributed by atoms with Crippen molar-refractivity contribution in [2.75, 3.05) is 5.32 Å². The van der Waals surface area contributed by atoms with Crippen molar-refractivity contribution in [1.29, 1.82) is 0 Å². The monoisotopic (exact) mass is 387 g/mol. The molecule has 1 amide bonds. The summed E-state index contributed by atoms with van der Waals surface area (Å²) in [5, 5.41) is 5.10. The fraction of sp³-hybridized carbons (Fsp3) is 0.240. The van der Waals surface area contributed by atoms with Gasteiger partial charge in [0.15, 0.2) is 0 Å². The first-order chi connectivity index (χ1) is 13.7. The molecule has 1 aliphatic carbocycles. The summed E-state index contributed by atoms with van der Waals surface area (Å²) in [6.45, 7) is 2.26. The van der Waals surface area contributed by atoms with E-state index in [0.717, 1.165) is 35.6 Å². The van der Waals surface area contributed by atoms with Crippen molar-refractivity contribution in [2.45, 2.75) is 32.6 Å². The molecule has 28 heavy (non-hydrogen) atoms. The summed E-state index contributed by atoms with van der Waals surface area (Å²) in [7, 11) is 0. The molecule has 1 aliphatic rings. The lowest BCUT2D eigenvalue weighted by molar-refractivity contribution is 0.102.